The van der Waals surface area contributed by atoms with Gasteiger partial charge in [-0.05, 0) is 78.2 Å². The van der Waals surface area contributed by atoms with Crippen molar-refractivity contribution in [3.05, 3.63) is 96.1 Å². The van der Waals surface area contributed by atoms with Gasteiger partial charge in [0.1, 0.15) is 12.4 Å². The maximum Gasteiger partial charge on any atom is 0.161 e. The van der Waals surface area contributed by atoms with E-state index in [0.717, 1.165) is 28.3 Å². The highest BCUT2D eigenvalue weighted by Crippen LogP contribution is 2.30. The van der Waals surface area contributed by atoms with Gasteiger partial charge in [0.15, 0.2) is 11.5 Å². The van der Waals surface area contributed by atoms with E-state index in [2.05, 4.69) is 41.4 Å². The molecule has 4 heteroatoms. The number of hydrogen-bond acceptors (Lipinski definition) is 4. The smallest absolute Gasteiger partial charge is 0.161 e. The van der Waals surface area contributed by atoms with Crippen LogP contribution in [0.1, 0.15) is 25.0 Å². The fraction of sp³-hybridized carbons (Fsp3) is 0.179. The van der Waals surface area contributed by atoms with Crippen molar-refractivity contribution in [2.75, 3.05) is 13.2 Å². The molecule has 0 fully saturated rings. The van der Waals surface area contributed by atoms with Crippen LogP contribution in [-0.2, 0) is 6.61 Å². The standard InChI is InChI=1S/C28H27NO3/c1-3-30-25-15-13-24(14-16-25)29-19-21-12-17-27(28(18-21)31-4-2)32-20-23-10-7-9-22-8-5-6-11-26(22)23/h5-19H,3-4,20H2,1-2H3. The minimum Gasteiger partial charge on any atom is -0.494 e. The fourth-order valence-electron chi connectivity index (χ4n) is 3.51. The van der Waals surface area contributed by atoms with E-state index < -0.39 is 0 Å². The number of benzene rings is 4. The summed E-state index contributed by atoms with van der Waals surface area (Å²) in [6.45, 7) is 5.62. The van der Waals surface area contributed by atoms with Crippen molar-refractivity contribution in [3.63, 3.8) is 0 Å². The van der Waals surface area contributed by atoms with Gasteiger partial charge in [0.25, 0.3) is 0 Å². The van der Waals surface area contributed by atoms with E-state index in [-0.39, 0.29) is 0 Å². The molecule has 0 spiro atoms. The molecule has 0 bridgehead atoms. The normalized spacial score (nSPS) is 11.1. The molecule has 4 nitrogen and oxygen atoms in total. The van der Waals surface area contributed by atoms with Crippen LogP contribution in [0.4, 0.5) is 5.69 Å². The summed E-state index contributed by atoms with van der Waals surface area (Å²) >= 11 is 0. The van der Waals surface area contributed by atoms with E-state index >= 15 is 0 Å². The summed E-state index contributed by atoms with van der Waals surface area (Å²) in [5.41, 5.74) is 2.95. The predicted octanol–water partition coefficient (Wildman–Crippen LogP) is 6.97. The molecule has 0 radical (unpaired) electrons. The van der Waals surface area contributed by atoms with Crippen LogP contribution in [-0.4, -0.2) is 19.4 Å². The Balaban J connectivity index is 1.49. The number of hydrogen-bond donors (Lipinski definition) is 0. The summed E-state index contributed by atoms with van der Waals surface area (Å²) in [6, 6.07) is 28.2. The van der Waals surface area contributed by atoms with E-state index in [1.165, 1.54) is 10.8 Å². The average molecular weight is 426 g/mol. The number of aliphatic imine (C=N–C) groups is 1. The molecule has 32 heavy (non-hydrogen) atoms. The maximum atomic E-state index is 6.15. The lowest BCUT2D eigenvalue weighted by atomic mass is 10.1. The molecule has 4 rings (SSSR count). The summed E-state index contributed by atoms with van der Waals surface area (Å²) in [6.07, 6.45) is 1.83. The van der Waals surface area contributed by atoms with E-state index in [9.17, 15) is 0 Å². The Morgan fingerprint density at radius 3 is 2.31 bits per heavy atom. The molecule has 0 unspecified atom stereocenters. The molecule has 0 N–H and O–H groups in total. The molecule has 0 aromatic heterocycles. The van der Waals surface area contributed by atoms with Crippen molar-refractivity contribution in [3.8, 4) is 17.2 Å². The van der Waals surface area contributed by atoms with E-state index in [1.807, 2.05) is 68.6 Å². The zero-order valence-corrected chi connectivity index (χ0v) is 18.5. The lowest BCUT2D eigenvalue weighted by molar-refractivity contribution is 0.270. The maximum absolute atomic E-state index is 6.15. The Morgan fingerprint density at radius 1 is 0.719 bits per heavy atom. The molecule has 0 aliphatic rings. The monoisotopic (exact) mass is 425 g/mol. The number of fused-ring (bicyclic) bond motifs is 1. The number of ether oxygens (including phenoxy) is 3. The van der Waals surface area contributed by atoms with Crippen molar-refractivity contribution in [1.82, 2.24) is 0 Å². The van der Waals surface area contributed by atoms with E-state index in [1.54, 1.807) is 0 Å². The van der Waals surface area contributed by atoms with Gasteiger partial charge in [-0.1, -0.05) is 42.5 Å². The predicted molar refractivity (Wildman–Crippen MR) is 131 cm³/mol. The third-order valence-electron chi connectivity index (χ3n) is 5.04. The zero-order valence-electron chi connectivity index (χ0n) is 18.5. The van der Waals surface area contributed by atoms with Crippen LogP contribution in [0.25, 0.3) is 10.8 Å². The highest BCUT2D eigenvalue weighted by Gasteiger charge is 2.08. The molecule has 0 saturated carbocycles. The molecule has 4 aromatic carbocycles. The fourth-order valence-corrected chi connectivity index (χ4v) is 3.51. The third kappa shape index (κ3) is 5.27. The van der Waals surface area contributed by atoms with Crippen LogP contribution in [0.5, 0.6) is 17.2 Å². The van der Waals surface area contributed by atoms with Gasteiger partial charge in [-0.2, -0.15) is 0 Å². The molecule has 4 aromatic rings. The second-order valence-corrected chi connectivity index (χ2v) is 7.25. The minimum absolute atomic E-state index is 0.473. The van der Waals surface area contributed by atoms with Crippen LogP contribution in [0.2, 0.25) is 0 Å². The molecule has 0 saturated heterocycles. The second kappa shape index (κ2) is 10.5. The molecule has 0 aliphatic heterocycles. The first-order chi connectivity index (χ1) is 15.8. The summed E-state index contributed by atoms with van der Waals surface area (Å²) in [7, 11) is 0. The van der Waals surface area contributed by atoms with Crippen LogP contribution in [0.3, 0.4) is 0 Å². The highest BCUT2D eigenvalue weighted by atomic mass is 16.5. The van der Waals surface area contributed by atoms with Crippen LogP contribution < -0.4 is 14.2 Å². The molecule has 0 heterocycles. The third-order valence-corrected chi connectivity index (χ3v) is 5.04. The molecule has 0 atom stereocenters. The molecule has 0 aliphatic carbocycles. The van der Waals surface area contributed by atoms with Gasteiger partial charge in [0, 0.05) is 6.21 Å². The first-order valence-electron chi connectivity index (χ1n) is 10.9. The van der Waals surface area contributed by atoms with Crippen LogP contribution >= 0.6 is 0 Å². The second-order valence-electron chi connectivity index (χ2n) is 7.25. The summed E-state index contributed by atoms with van der Waals surface area (Å²) < 4.78 is 17.5. The quantitative estimate of drug-likeness (QED) is 0.272. The van der Waals surface area contributed by atoms with Crippen molar-refractivity contribution in [1.29, 1.82) is 0 Å². The largest absolute Gasteiger partial charge is 0.494 e. The van der Waals surface area contributed by atoms with Crippen LogP contribution in [0.15, 0.2) is 89.9 Å². The number of nitrogens with zero attached hydrogens (tertiary/aromatic N) is 1. The molecule has 0 amide bonds. The number of rotatable bonds is 9. The minimum atomic E-state index is 0.473. The SMILES string of the molecule is CCOc1ccc(N=Cc2ccc(OCc3cccc4ccccc34)c(OCC)c2)cc1. The van der Waals surface area contributed by atoms with Crippen molar-refractivity contribution < 1.29 is 14.2 Å². The van der Waals surface area contributed by atoms with Crippen molar-refractivity contribution in [2.24, 2.45) is 4.99 Å². The lowest BCUT2D eigenvalue weighted by Gasteiger charge is -2.13. The van der Waals surface area contributed by atoms with Crippen LogP contribution in [0, 0.1) is 0 Å². The van der Waals surface area contributed by atoms with Gasteiger partial charge in [-0.25, -0.2) is 0 Å². The molecule has 162 valence electrons. The molecular weight excluding hydrogens is 398 g/mol. The Labute approximate surface area is 189 Å². The van der Waals surface area contributed by atoms with E-state index in [4.69, 9.17) is 14.2 Å². The Hall–Kier alpha value is -3.79. The first-order valence-corrected chi connectivity index (χ1v) is 10.9. The average Bonchev–Trinajstić information content (AvgIpc) is 2.83. The van der Waals surface area contributed by atoms with Gasteiger partial charge < -0.3 is 14.2 Å². The Morgan fingerprint density at radius 2 is 1.50 bits per heavy atom. The lowest BCUT2D eigenvalue weighted by Crippen LogP contribution is -2.01. The van der Waals surface area contributed by atoms with Gasteiger partial charge in [-0.3, -0.25) is 4.99 Å². The van der Waals surface area contributed by atoms with Crippen molar-refractivity contribution in [2.45, 2.75) is 20.5 Å². The van der Waals surface area contributed by atoms with Gasteiger partial charge in [-0.15, -0.1) is 0 Å². The summed E-state index contributed by atoms with van der Waals surface area (Å²) in [4.78, 5) is 4.56. The topological polar surface area (TPSA) is 40.0 Å². The Bertz CT molecular complexity index is 1190. The highest BCUT2D eigenvalue weighted by molar-refractivity contribution is 5.85. The Kier molecular flexibility index (Phi) is 7.03. The van der Waals surface area contributed by atoms with Crippen molar-refractivity contribution >= 4 is 22.7 Å². The van der Waals surface area contributed by atoms with Gasteiger partial charge >= 0.3 is 0 Å². The first kappa shape index (κ1) is 21.4. The van der Waals surface area contributed by atoms with Gasteiger partial charge in [0.2, 0.25) is 0 Å². The van der Waals surface area contributed by atoms with Gasteiger partial charge in [0.05, 0.1) is 18.9 Å². The molecular formula is C28H27NO3. The summed E-state index contributed by atoms with van der Waals surface area (Å²) in [5, 5.41) is 2.41. The summed E-state index contributed by atoms with van der Waals surface area (Å²) in [5.74, 6) is 2.28. The zero-order chi connectivity index (χ0) is 22.2. The van der Waals surface area contributed by atoms with E-state index in [0.29, 0.717) is 25.6 Å².